The van der Waals surface area contributed by atoms with Crippen LogP contribution in [0, 0.1) is 5.82 Å². The number of hydrogen-bond acceptors (Lipinski definition) is 9. The third-order valence-electron chi connectivity index (χ3n) is 5.58. The molecule has 2 bridgehead atoms. The number of anilines is 3. The van der Waals surface area contributed by atoms with Gasteiger partial charge in [-0.25, -0.2) is 19.3 Å². The molecule has 0 saturated carbocycles. The van der Waals surface area contributed by atoms with Crippen molar-refractivity contribution in [3.8, 4) is 17.2 Å². The van der Waals surface area contributed by atoms with Gasteiger partial charge in [0.25, 0.3) is 0 Å². The van der Waals surface area contributed by atoms with E-state index in [4.69, 9.17) is 14.5 Å². The molecule has 5 heterocycles. The van der Waals surface area contributed by atoms with Crippen molar-refractivity contribution in [1.82, 2.24) is 25.3 Å². The molecule has 2 aliphatic heterocycles. The third kappa shape index (κ3) is 3.96. The summed E-state index contributed by atoms with van der Waals surface area (Å²) in [5.41, 5.74) is 2.17. The SMILES string of the molecule is Fc1cncc(Oc2ccc(Nc3ncnc4cc5c(nc34)N3CCN[C@H](CO5)C3)cc2)c1. The lowest BCUT2D eigenvalue weighted by Crippen LogP contribution is -2.51. The fraction of sp³-hybridized carbons (Fsp3) is 0.217. The van der Waals surface area contributed by atoms with Crippen LogP contribution in [0.3, 0.4) is 0 Å². The summed E-state index contributed by atoms with van der Waals surface area (Å²) in [5, 5.41) is 6.78. The van der Waals surface area contributed by atoms with Crippen LogP contribution in [0.1, 0.15) is 0 Å². The number of halogens is 1. The summed E-state index contributed by atoms with van der Waals surface area (Å²) < 4.78 is 25.0. The fourth-order valence-electron chi connectivity index (χ4n) is 4.03. The molecule has 1 saturated heterocycles. The first-order chi connectivity index (χ1) is 16.2. The number of pyridine rings is 2. The first-order valence-electron chi connectivity index (χ1n) is 10.6. The molecule has 0 aliphatic carbocycles. The number of benzene rings is 1. The lowest BCUT2D eigenvalue weighted by molar-refractivity contribution is 0.271. The van der Waals surface area contributed by atoms with Crippen molar-refractivity contribution in [1.29, 1.82) is 0 Å². The highest BCUT2D eigenvalue weighted by molar-refractivity contribution is 5.90. The molecular weight excluding hydrogens is 425 g/mol. The normalized spacial score (nSPS) is 17.1. The fourth-order valence-corrected chi connectivity index (χ4v) is 4.03. The Kier molecular flexibility index (Phi) is 4.84. The zero-order chi connectivity index (χ0) is 22.2. The van der Waals surface area contributed by atoms with Crippen LogP contribution in [0.4, 0.5) is 21.7 Å². The summed E-state index contributed by atoms with van der Waals surface area (Å²) in [4.78, 5) is 19.7. The molecule has 1 aromatic carbocycles. The van der Waals surface area contributed by atoms with Gasteiger partial charge in [0.1, 0.15) is 35.8 Å². The minimum absolute atomic E-state index is 0.281. The van der Waals surface area contributed by atoms with Crippen molar-refractivity contribution in [3.63, 3.8) is 0 Å². The summed E-state index contributed by atoms with van der Waals surface area (Å²) in [6, 6.07) is 10.8. The Balaban J connectivity index is 1.28. The lowest BCUT2D eigenvalue weighted by Gasteiger charge is -2.31. The second-order valence-electron chi connectivity index (χ2n) is 7.90. The molecule has 10 heteroatoms. The monoisotopic (exact) mass is 445 g/mol. The van der Waals surface area contributed by atoms with Gasteiger partial charge < -0.3 is 25.0 Å². The Morgan fingerprint density at radius 2 is 2.03 bits per heavy atom. The van der Waals surface area contributed by atoms with Gasteiger partial charge in [0.05, 0.1) is 24.0 Å². The first-order valence-corrected chi connectivity index (χ1v) is 10.6. The Hall–Kier alpha value is -4.05. The molecule has 9 nitrogen and oxygen atoms in total. The highest BCUT2D eigenvalue weighted by Crippen LogP contribution is 2.34. The molecule has 4 aromatic rings. The molecule has 2 N–H and O–H groups in total. The summed E-state index contributed by atoms with van der Waals surface area (Å²) in [7, 11) is 0. The highest BCUT2D eigenvalue weighted by atomic mass is 19.1. The predicted molar refractivity (Wildman–Crippen MR) is 121 cm³/mol. The van der Waals surface area contributed by atoms with Crippen LogP contribution in [0.5, 0.6) is 17.2 Å². The molecule has 6 rings (SSSR count). The smallest absolute Gasteiger partial charge is 0.172 e. The maximum absolute atomic E-state index is 13.3. The van der Waals surface area contributed by atoms with E-state index in [9.17, 15) is 4.39 Å². The van der Waals surface area contributed by atoms with Gasteiger partial charge in [0, 0.05) is 37.5 Å². The van der Waals surface area contributed by atoms with Gasteiger partial charge in [-0.2, -0.15) is 0 Å². The number of aromatic nitrogens is 4. The Morgan fingerprint density at radius 1 is 1.12 bits per heavy atom. The molecular formula is C23H20FN7O2. The van der Waals surface area contributed by atoms with Crippen LogP contribution in [-0.4, -0.2) is 52.2 Å². The van der Waals surface area contributed by atoms with Crippen molar-refractivity contribution in [2.24, 2.45) is 0 Å². The number of nitrogens with one attached hydrogen (secondary N) is 2. The molecule has 0 spiro atoms. The molecule has 1 atom stereocenters. The predicted octanol–water partition coefficient (Wildman–Crippen LogP) is 3.27. The third-order valence-corrected chi connectivity index (χ3v) is 5.58. The minimum Gasteiger partial charge on any atom is -0.488 e. The number of nitrogens with zero attached hydrogens (tertiary/aromatic N) is 5. The van der Waals surface area contributed by atoms with Gasteiger partial charge in [0.2, 0.25) is 0 Å². The van der Waals surface area contributed by atoms with Crippen molar-refractivity contribution in [2.45, 2.75) is 6.04 Å². The van der Waals surface area contributed by atoms with E-state index in [1.165, 1.54) is 18.6 Å². The van der Waals surface area contributed by atoms with Gasteiger partial charge in [-0.3, -0.25) is 4.98 Å². The van der Waals surface area contributed by atoms with Crippen molar-refractivity contribution in [3.05, 3.63) is 60.9 Å². The Labute approximate surface area is 188 Å². The average molecular weight is 445 g/mol. The van der Waals surface area contributed by atoms with E-state index in [1.807, 2.05) is 18.2 Å². The van der Waals surface area contributed by atoms with E-state index < -0.39 is 5.82 Å². The van der Waals surface area contributed by atoms with Crippen molar-refractivity contribution >= 4 is 28.4 Å². The van der Waals surface area contributed by atoms with Crippen molar-refractivity contribution < 1.29 is 13.9 Å². The summed E-state index contributed by atoms with van der Waals surface area (Å²) in [6.45, 7) is 3.21. The van der Waals surface area contributed by atoms with Gasteiger partial charge >= 0.3 is 0 Å². The number of piperazine rings is 1. The van der Waals surface area contributed by atoms with E-state index in [-0.39, 0.29) is 6.04 Å². The zero-order valence-electron chi connectivity index (χ0n) is 17.5. The molecule has 166 valence electrons. The van der Waals surface area contributed by atoms with Gasteiger partial charge in [0.15, 0.2) is 17.4 Å². The standard InChI is InChI=1S/C23H20FN7O2/c24-14-7-18(10-25-9-14)33-17-3-1-15(2-4-17)29-22-21-19(27-13-28-22)8-20-23(30-21)31-6-5-26-16(11-31)12-32-20/h1-4,7-10,13,16,26H,5-6,11-12H2,(H,27,28,29)/t16-/m0/s1. The number of fused-ring (bicyclic) bond motifs is 5. The molecule has 0 unspecified atom stereocenters. The Morgan fingerprint density at radius 3 is 2.91 bits per heavy atom. The maximum Gasteiger partial charge on any atom is 0.172 e. The van der Waals surface area contributed by atoms with Crippen LogP contribution in [0.25, 0.3) is 11.0 Å². The second-order valence-corrected chi connectivity index (χ2v) is 7.90. The second kappa shape index (κ2) is 8.14. The van der Waals surface area contributed by atoms with Gasteiger partial charge in [-0.05, 0) is 24.3 Å². The minimum atomic E-state index is -0.450. The number of rotatable bonds is 4. The van der Waals surface area contributed by atoms with E-state index in [1.54, 1.807) is 12.1 Å². The van der Waals surface area contributed by atoms with E-state index in [2.05, 4.69) is 30.5 Å². The van der Waals surface area contributed by atoms with Gasteiger partial charge in [-0.15, -0.1) is 0 Å². The molecule has 2 aliphatic rings. The lowest BCUT2D eigenvalue weighted by atomic mass is 10.2. The summed E-state index contributed by atoms with van der Waals surface area (Å²) >= 11 is 0. The largest absolute Gasteiger partial charge is 0.488 e. The van der Waals surface area contributed by atoms with Crippen LogP contribution < -0.4 is 25.0 Å². The molecule has 1 fully saturated rings. The zero-order valence-corrected chi connectivity index (χ0v) is 17.5. The van der Waals surface area contributed by atoms with Crippen molar-refractivity contribution in [2.75, 3.05) is 36.5 Å². The molecule has 0 amide bonds. The van der Waals surface area contributed by atoms with Gasteiger partial charge in [-0.1, -0.05) is 0 Å². The van der Waals surface area contributed by atoms with Crippen LogP contribution in [0.15, 0.2) is 55.1 Å². The number of ether oxygens (including phenoxy) is 2. The summed E-state index contributed by atoms with van der Waals surface area (Å²) in [5.74, 6) is 2.60. The average Bonchev–Trinajstić information content (AvgIpc) is 2.95. The van der Waals surface area contributed by atoms with Crippen LogP contribution in [-0.2, 0) is 0 Å². The van der Waals surface area contributed by atoms with E-state index in [0.717, 1.165) is 43.1 Å². The van der Waals surface area contributed by atoms with E-state index in [0.29, 0.717) is 35.0 Å². The molecule has 3 aromatic heterocycles. The van der Waals surface area contributed by atoms with Crippen LogP contribution >= 0.6 is 0 Å². The summed E-state index contributed by atoms with van der Waals surface area (Å²) in [6.07, 6.45) is 4.09. The quantitative estimate of drug-likeness (QED) is 0.490. The Bertz CT molecular complexity index is 1320. The molecule has 33 heavy (non-hydrogen) atoms. The molecule has 0 radical (unpaired) electrons. The van der Waals surface area contributed by atoms with E-state index >= 15 is 0 Å². The topological polar surface area (TPSA) is 97.3 Å². The first kappa shape index (κ1) is 19.6. The van der Waals surface area contributed by atoms with Crippen LogP contribution in [0.2, 0.25) is 0 Å². The highest BCUT2D eigenvalue weighted by Gasteiger charge is 2.28. The maximum atomic E-state index is 13.3. The number of hydrogen-bond donors (Lipinski definition) is 2.